The first-order valence-corrected chi connectivity index (χ1v) is 4.95. The van der Waals surface area contributed by atoms with Crippen molar-refractivity contribution >= 4 is 23.1 Å². The fourth-order valence-electron chi connectivity index (χ4n) is 1.33. The molecular formula is C12H13ClO2. The van der Waals surface area contributed by atoms with E-state index in [0.717, 1.165) is 11.1 Å². The molecule has 0 aliphatic heterocycles. The molecule has 0 aromatic heterocycles. The SMILES string of the molecule is COC(=O)C(=C(C)C)c1ccc(Cl)cc1. The lowest BCUT2D eigenvalue weighted by Gasteiger charge is -2.07. The van der Waals surface area contributed by atoms with Crippen LogP contribution < -0.4 is 0 Å². The molecule has 2 nitrogen and oxygen atoms in total. The topological polar surface area (TPSA) is 26.3 Å². The lowest BCUT2D eigenvalue weighted by Crippen LogP contribution is -2.05. The minimum atomic E-state index is -0.322. The van der Waals surface area contributed by atoms with Crippen LogP contribution in [0.4, 0.5) is 0 Å². The van der Waals surface area contributed by atoms with Crippen molar-refractivity contribution in [1.29, 1.82) is 0 Å². The third kappa shape index (κ3) is 2.83. The zero-order valence-corrected chi connectivity index (χ0v) is 9.76. The lowest BCUT2D eigenvalue weighted by atomic mass is 10.0. The predicted octanol–water partition coefficient (Wildman–Crippen LogP) is 3.31. The predicted molar refractivity (Wildman–Crippen MR) is 61.7 cm³/mol. The van der Waals surface area contributed by atoms with E-state index in [0.29, 0.717) is 10.6 Å². The average molecular weight is 225 g/mol. The second-order valence-corrected chi connectivity index (χ2v) is 3.81. The minimum Gasteiger partial charge on any atom is -0.465 e. The van der Waals surface area contributed by atoms with E-state index in [-0.39, 0.29) is 5.97 Å². The molecule has 0 radical (unpaired) electrons. The highest BCUT2D eigenvalue weighted by atomic mass is 35.5. The van der Waals surface area contributed by atoms with Crippen molar-refractivity contribution in [2.75, 3.05) is 7.11 Å². The molecule has 0 atom stereocenters. The summed E-state index contributed by atoms with van der Waals surface area (Å²) < 4.78 is 4.73. The number of esters is 1. The van der Waals surface area contributed by atoms with Gasteiger partial charge in [-0.15, -0.1) is 0 Å². The van der Waals surface area contributed by atoms with Gasteiger partial charge in [0.05, 0.1) is 12.7 Å². The summed E-state index contributed by atoms with van der Waals surface area (Å²) in [4.78, 5) is 11.5. The Kier molecular flexibility index (Phi) is 3.92. The van der Waals surface area contributed by atoms with E-state index in [1.807, 2.05) is 26.0 Å². The number of rotatable bonds is 2. The summed E-state index contributed by atoms with van der Waals surface area (Å²) in [7, 11) is 1.38. The van der Waals surface area contributed by atoms with Crippen LogP contribution in [0.25, 0.3) is 5.57 Å². The van der Waals surface area contributed by atoms with Crippen LogP contribution in [0.2, 0.25) is 5.02 Å². The quantitative estimate of drug-likeness (QED) is 0.569. The Morgan fingerprint density at radius 2 is 1.73 bits per heavy atom. The molecule has 0 saturated heterocycles. The molecule has 1 aromatic rings. The molecule has 0 heterocycles. The molecule has 80 valence electrons. The van der Waals surface area contributed by atoms with Gasteiger partial charge in [0, 0.05) is 5.02 Å². The number of halogens is 1. The average Bonchev–Trinajstić information content (AvgIpc) is 2.20. The molecule has 0 saturated carbocycles. The lowest BCUT2D eigenvalue weighted by molar-refractivity contribution is -0.133. The Morgan fingerprint density at radius 3 is 2.13 bits per heavy atom. The molecule has 0 amide bonds. The summed E-state index contributed by atoms with van der Waals surface area (Å²) in [5.74, 6) is -0.322. The second-order valence-electron chi connectivity index (χ2n) is 3.37. The fourth-order valence-corrected chi connectivity index (χ4v) is 1.46. The molecule has 0 spiro atoms. The molecule has 0 aliphatic rings. The van der Waals surface area contributed by atoms with E-state index in [1.165, 1.54) is 7.11 Å². The molecule has 0 aliphatic carbocycles. The van der Waals surface area contributed by atoms with Crippen molar-refractivity contribution in [3.63, 3.8) is 0 Å². The van der Waals surface area contributed by atoms with E-state index in [2.05, 4.69) is 0 Å². The van der Waals surface area contributed by atoms with Crippen molar-refractivity contribution in [1.82, 2.24) is 0 Å². The summed E-state index contributed by atoms with van der Waals surface area (Å²) >= 11 is 5.78. The van der Waals surface area contributed by atoms with Crippen LogP contribution in [0.3, 0.4) is 0 Å². The van der Waals surface area contributed by atoms with Gasteiger partial charge in [-0.1, -0.05) is 29.3 Å². The molecular weight excluding hydrogens is 212 g/mol. The van der Waals surface area contributed by atoms with Gasteiger partial charge in [-0.25, -0.2) is 4.79 Å². The van der Waals surface area contributed by atoms with E-state index in [1.54, 1.807) is 12.1 Å². The van der Waals surface area contributed by atoms with E-state index in [9.17, 15) is 4.79 Å². The summed E-state index contributed by atoms with van der Waals surface area (Å²) in [5, 5.41) is 0.650. The van der Waals surface area contributed by atoms with Gasteiger partial charge in [0.2, 0.25) is 0 Å². The maximum atomic E-state index is 11.5. The number of carbonyl (C=O) groups excluding carboxylic acids is 1. The summed E-state index contributed by atoms with van der Waals surface area (Å²) in [6.07, 6.45) is 0. The first-order chi connectivity index (χ1) is 7.06. The number of carbonyl (C=O) groups is 1. The van der Waals surface area contributed by atoms with Crippen LogP contribution in [-0.2, 0) is 9.53 Å². The summed E-state index contributed by atoms with van der Waals surface area (Å²) in [5.41, 5.74) is 2.34. The Hall–Kier alpha value is -1.28. The third-order valence-corrected chi connectivity index (χ3v) is 2.27. The number of hydrogen-bond acceptors (Lipinski definition) is 2. The van der Waals surface area contributed by atoms with Crippen LogP contribution in [0.15, 0.2) is 29.8 Å². The first-order valence-electron chi connectivity index (χ1n) is 4.58. The van der Waals surface area contributed by atoms with Crippen LogP contribution >= 0.6 is 11.6 Å². The zero-order chi connectivity index (χ0) is 11.4. The van der Waals surface area contributed by atoms with Gasteiger partial charge in [0.25, 0.3) is 0 Å². The number of methoxy groups -OCH3 is 1. The Bertz CT molecular complexity index is 387. The highest BCUT2D eigenvalue weighted by molar-refractivity contribution is 6.30. The Balaban J connectivity index is 3.18. The van der Waals surface area contributed by atoms with Crippen molar-refractivity contribution in [3.05, 3.63) is 40.4 Å². The minimum absolute atomic E-state index is 0.322. The van der Waals surface area contributed by atoms with Crippen LogP contribution in [0.5, 0.6) is 0 Å². The van der Waals surface area contributed by atoms with Gasteiger partial charge in [-0.3, -0.25) is 0 Å². The second kappa shape index (κ2) is 4.99. The van der Waals surface area contributed by atoms with Gasteiger partial charge >= 0.3 is 5.97 Å². The van der Waals surface area contributed by atoms with Gasteiger partial charge in [0.1, 0.15) is 0 Å². The number of allylic oxidation sites excluding steroid dienone is 1. The zero-order valence-electron chi connectivity index (χ0n) is 9.00. The highest BCUT2D eigenvalue weighted by Gasteiger charge is 2.13. The molecule has 0 N–H and O–H groups in total. The van der Waals surface area contributed by atoms with Crippen molar-refractivity contribution in [3.8, 4) is 0 Å². The number of benzene rings is 1. The standard InChI is InChI=1S/C12H13ClO2/c1-8(2)11(12(14)15-3)9-4-6-10(13)7-5-9/h4-7H,1-3H3. The molecule has 0 fully saturated rings. The maximum absolute atomic E-state index is 11.5. The first kappa shape index (κ1) is 11.8. The van der Waals surface area contributed by atoms with E-state index >= 15 is 0 Å². The van der Waals surface area contributed by atoms with E-state index < -0.39 is 0 Å². The van der Waals surface area contributed by atoms with Gasteiger partial charge in [0.15, 0.2) is 0 Å². The summed E-state index contributed by atoms with van der Waals surface area (Å²) in [6, 6.07) is 7.12. The largest absolute Gasteiger partial charge is 0.465 e. The number of hydrogen-bond donors (Lipinski definition) is 0. The third-order valence-electron chi connectivity index (χ3n) is 2.02. The molecule has 15 heavy (non-hydrogen) atoms. The monoisotopic (exact) mass is 224 g/mol. The van der Waals surface area contributed by atoms with Crippen molar-refractivity contribution < 1.29 is 9.53 Å². The van der Waals surface area contributed by atoms with Crippen molar-refractivity contribution in [2.45, 2.75) is 13.8 Å². The normalized spacial score (nSPS) is 9.60. The van der Waals surface area contributed by atoms with Gasteiger partial charge in [-0.05, 0) is 31.5 Å². The molecule has 1 rings (SSSR count). The van der Waals surface area contributed by atoms with Crippen LogP contribution in [-0.4, -0.2) is 13.1 Å². The Morgan fingerprint density at radius 1 is 1.20 bits per heavy atom. The van der Waals surface area contributed by atoms with Crippen LogP contribution in [0.1, 0.15) is 19.4 Å². The molecule has 0 unspecified atom stereocenters. The van der Waals surface area contributed by atoms with Gasteiger partial charge in [-0.2, -0.15) is 0 Å². The summed E-state index contributed by atoms with van der Waals surface area (Å²) in [6.45, 7) is 3.75. The van der Waals surface area contributed by atoms with Crippen molar-refractivity contribution in [2.24, 2.45) is 0 Å². The smallest absolute Gasteiger partial charge is 0.338 e. The molecule has 1 aromatic carbocycles. The number of ether oxygens (including phenoxy) is 1. The van der Waals surface area contributed by atoms with Gasteiger partial charge < -0.3 is 4.74 Å². The maximum Gasteiger partial charge on any atom is 0.338 e. The van der Waals surface area contributed by atoms with E-state index in [4.69, 9.17) is 16.3 Å². The highest BCUT2D eigenvalue weighted by Crippen LogP contribution is 2.21. The fraction of sp³-hybridized carbons (Fsp3) is 0.250. The molecule has 3 heteroatoms. The Labute approximate surface area is 94.5 Å². The van der Waals surface area contributed by atoms with Crippen LogP contribution in [0, 0.1) is 0 Å². The molecule has 0 bridgehead atoms.